The molecule has 0 saturated carbocycles. The predicted octanol–water partition coefficient (Wildman–Crippen LogP) is 3.79. The Bertz CT molecular complexity index is 1140. The maximum absolute atomic E-state index is 12.7. The third kappa shape index (κ3) is 4.04. The first-order valence-electron chi connectivity index (χ1n) is 8.72. The molecule has 1 N–H and O–H groups in total. The van der Waals surface area contributed by atoms with E-state index in [0.29, 0.717) is 23.3 Å². The molecule has 2 aromatic carbocycles. The van der Waals surface area contributed by atoms with E-state index in [-0.39, 0.29) is 12.2 Å². The van der Waals surface area contributed by atoms with Gasteiger partial charge in [0.05, 0.1) is 11.1 Å². The summed E-state index contributed by atoms with van der Waals surface area (Å²) in [5, 5.41) is 4.02. The molecule has 28 heavy (non-hydrogen) atoms. The van der Waals surface area contributed by atoms with Gasteiger partial charge in [0.25, 0.3) is 5.56 Å². The molecule has 0 unspecified atom stereocenters. The zero-order valence-electron chi connectivity index (χ0n) is 14.9. The summed E-state index contributed by atoms with van der Waals surface area (Å²) < 4.78 is 2.24. The molecule has 0 radical (unpaired) electrons. The molecule has 7 heteroatoms. The Kier molecular flexibility index (Phi) is 5.34. The van der Waals surface area contributed by atoms with Crippen LogP contribution < -0.4 is 15.7 Å². The van der Waals surface area contributed by atoms with Crippen molar-refractivity contribution < 1.29 is 4.84 Å². The predicted molar refractivity (Wildman–Crippen MR) is 112 cm³/mol. The van der Waals surface area contributed by atoms with Gasteiger partial charge in [-0.05, 0) is 23.3 Å². The van der Waals surface area contributed by atoms with Crippen LogP contribution >= 0.6 is 15.9 Å². The fourth-order valence-electron chi connectivity index (χ4n) is 2.82. The lowest BCUT2D eigenvalue weighted by Crippen LogP contribution is -2.27. The zero-order valence-corrected chi connectivity index (χ0v) is 16.5. The van der Waals surface area contributed by atoms with Crippen molar-refractivity contribution in [3.05, 3.63) is 99.1 Å². The first-order valence-corrected chi connectivity index (χ1v) is 9.51. The number of aromatic nitrogens is 3. The summed E-state index contributed by atoms with van der Waals surface area (Å²) in [4.78, 5) is 26.8. The number of nitrogens with zero attached hydrogens (tertiary/aromatic N) is 3. The van der Waals surface area contributed by atoms with Crippen LogP contribution in [0.1, 0.15) is 11.1 Å². The van der Waals surface area contributed by atoms with Crippen LogP contribution in [0.3, 0.4) is 0 Å². The van der Waals surface area contributed by atoms with Gasteiger partial charge in [-0.2, -0.15) is 0 Å². The van der Waals surface area contributed by atoms with E-state index in [9.17, 15) is 4.79 Å². The number of fused-ring (bicyclic) bond motifs is 1. The largest absolute Gasteiger partial charge is 0.404 e. The van der Waals surface area contributed by atoms with E-state index >= 15 is 0 Å². The van der Waals surface area contributed by atoms with E-state index in [2.05, 4.69) is 31.2 Å². The van der Waals surface area contributed by atoms with Crippen LogP contribution in [0.5, 0.6) is 0 Å². The Balaban J connectivity index is 1.62. The van der Waals surface area contributed by atoms with Crippen molar-refractivity contribution >= 4 is 32.7 Å². The number of halogens is 1. The Morgan fingerprint density at radius 2 is 1.82 bits per heavy atom. The minimum atomic E-state index is -0.291. The molecule has 0 aliphatic heterocycles. The molecule has 0 amide bonds. The van der Waals surface area contributed by atoms with Gasteiger partial charge in [0.1, 0.15) is 12.9 Å². The van der Waals surface area contributed by atoms with E-state index in [1.54, 1.807) is 6.20 Å². The molecule has 0 aliphatic carbocycles. The standard InChI is InChI=1S/C21H17BrN4O2/c22-17-8-6-15(7-9-17)11-24-19-10-20(27)26(21-18(19)12-23-14-25-21)28-13-16-4-2-1-3-5-16/h1-10,12,14,24H,11,13H2. The van der Waals surface area contributed by atoms with E-state index in [4.69, 9.17) is 4.84 Å². The Labute approximate surface area is 169 Å². The van der Waals surface area contributed by atoms with E-state index in [0.717, 1.165) is 15.6 Å². The molecule has 0 spiro atoms. The zero-order chi connectivity index (χ0) is 19.3. The van der Waals surface area contributed by atoms with Gasteiger partial charge < -0.3 is 10.2 Å². The van der Waals surface area contributed by atoms with Gasteiger partial charge in [0, 0.05) is 23.3 Å². The second-order valence-electron chi connectivity index (χ2n) is 6.19. The highest BCUT2D eigenvalue weighted by Gasteiger charge is 2.11. The average Bonchev–Trinajstić information content (AvgIpc) is 2.73. The maximum atomic E-state index is 12.7. The summed E-state index contributed by atoms with van der Waals surface area (Å²) in [7, 11) is 0. The van der Waals surface area contributed by atoms with Crippen LogP contribution in [0, 0.1) is 0 Å². The molecule has 4 rings (SSSR count). The quantitative estimate of drug-likeness (QED) is 0.497. The van der Waals surface area contributed by atoms with Crippen LogP contribution in [0.25, 0.3) is 11.0 Å². The Morgan fingerprint density at radius 1 is 1.04 bits per heavy atom. The molecule has 6 nitrogen and oxygen atoms in total. The monoisotopic (exact) mass is 436 g/mol. The van der Waals surface area contributed by atoms with Crippen LogP contribution in [0.4, 0.5) is 5.69 Å². The van der Waals surface area contributed by atoms with Crippen molar-refractivity contribution in [2.75, 3.05) is 5.32 Å². The molecule has 0 saturated heterocycles. The normalized spacial score (nSPS) is 10.8. The average molecular weight is 437 g/mol. The van der Waals surface area contributed by atoms with E-state index < -0.39 is 0 Å². The number of nitrogens with one attached hydrogen (secondary N) is 1. The lowest BCUT2D eigenvalue weighted by molar-refractivity contribution is 0.0980. The van der Waals surface area contributed by atoms with Crippen LogP contribution in [-0.2, 0) is 13.2 Å². The molecule has 0 atom stereocenters. The summed E-state index contributed by atoms with van der Waals surface area (Å²) in [6.45, 7) is 0.844. The number of rotatable bonds is 6. The number of anilines is 1. The summed E-state index contributed by atoms with van der Waals surface area (Å²) >= 11 is 3.43. The summed E-state index contributed by atoms with van der Waals surface area (Å²) in [5.41, 5.74) is 2.87. The molecule has 0 bridgehead atoms. The minimum Gasteiger partial charge on any atom is -0.404 e. The highest BCUT2D eigenvalue weighted by atomic mass is 79.9. The van der Waals surface area contributed by atoms with Crippen molar-refractivity contribution in [3.63, 3.8) is 0 Å². The van der Waals surface area contributed by atoms with Gasteiger partial charge >= 0.3 is 0 Å². The van der Waals surface area contributed by atoms with Crippen molar-refractivity contribution in [2.24, 2.45) is 0 Å². The van der Waals surface area contributed by atoms with Crippen molar-refractivity contribution in [2.45, 2.75) is 13.2 Å². The first kappa shape index (κ1) is 18.2. The SMILES string of the molecule is O=c1cc(NCc2ccc(Br)cc2)c2cncnc2n1OCc1ccccc1. The number of pyridine rings is 1. The van der Waals surface area contributed by atoms with Gasteiger partial charge in [-0.3, -0.25) is 4.79 Å². The summed E-state index contributed by atoms with van der Waals surface area (Å²) in [6, 6.07) is 19.2. The van der Waals surface area contributed by atoms with Crippen molar-refractivity contribution in [1.82, 2.24) is 14.7 Å². The van der Waals surface area contributed by atoms with Gasteiger partial charge in [0.15, 0.2) is 5.65 Å². The van der Waals surface area contributed by atoms with Crippen molar-refractivity contribution in [3.8, 4) is 0 Å². The molecular weight excluding hydrogens is 420 g/mol. The second kappa shape index (κ2) is 8.22. The van der Waals surface area contributed by atoms with Gasteiger partial charge in [-0.25, -0.2) is 9.97 Å². The third-order valence-corrected chi connectivity index (χ3v) is 4.77. The molecule has 0 fully saturated rings. The van der Waals surface area contributed by atoms with Gasteiger partial charge in [0.2, 0.25) is 0 Å². The lowest BCUT2D eigenvalue weighted by atomic mass is 10.2. The minimum absolute atomic E-state index is 0.269. The highest BCUT2D eigenvalue weighted by Crippen LogP contribution is 2.20. The van der Waals surface area contributed by atoms with Crippen LogP contribution in [0.15, 0.2) is 82.5 Å². The first-order chi connectivity index (χ1) is 13.7. The summed E-state index contributed by atoms with van der Waals surface area (Å²) in [5.74, 6) is 0. The summed E-state index contributed by atoms with van der Waals surface area (Å²) in [6.07, 6.45) is 3.08. The van der Waals surface area contributed by atoms with E-state index in [1.807, 2.05) is 54.6 Å². The molecule has 0 aliphatic rings. The molecule has 2 heterocycles. The molecule has 140 valence electrons. The fourth-order valence-corrected chi connectivity index (χ4v) is 3.09. The third-order valence-electron chi connectivity index (χ3n) is 4.24. The molecular formula is C21H17BrN4O2. The van der Waals surface area contributed by atoms with Crippen molar-refractivity contribution in [1.29, 1.82) is 0 Å². The lowest BCUT2D eigenvalue weighted by Gasteiger charge is -2.14. The number of hydrogen-bond donors (Lipinski definition) is 1. The molecule has 2 aromatic heterocycles. The van der Waals surface area contributed by atoms with Gasteiger partial charge in [-0.15, -0.1) is 4.73 Å². The fraction of sp³-hybridized carbons (Fsp3) is 0.0952. The Morgan fingerprint density at radius 3 is 2.61 bits per heavy atom. The van der Waals surface area contributed by atoms with Crippen LogP contribution in [-0.4, -0.2) is 14.7 Å². The van der Waals surface area contributed by atoms with Gasteiger partial charge in [-0.1, -0.05) is 58.4 Å². The highest BCUT2D eigenvalue weighted by molar-refractivity contribution is 9.10. The smallest absolute Gasteiger partial charge is 0.287 e. The molecule has 4 aromatic rings. The maximum Gasteiger partial charge on any atom is 0.287 e. The Hall–Kier alpha value is -3.19. The second-order valence-corrected chi connectivity index (χ2v) is 7.11. The number of benzene rings is 2. The van der Waals surface area contributed by atoms with Crippen LogP contribution in [0.2, 0.25) is 0 Å². The number of hydrogen-bond acceptors (Lipinski definition) is 5. The topological polar surface area (TPSA) is 69.0 Å². The van der Waals surface area contributed by atoms with E-state index in [1.165, 1.54) is 17.1 Å².